The largest absolute Gasteiger partial charge is 0.369 e. The molecular formula is C19H28N4O2. The van der Waals surface area contributed by atoms with Crippen LogP contribution >= 0.6 is 0 Å². The first-order valence-electron chi connectivity index (χ1n) is 9.24. The van der Waals surface area contributed by atoms with Gasteiger partial charge in [0.25, 0.3) is 0 Å². The molecule has 1 aromatic carbocycles. The lowest BCUT2D eigenvalue weighted by atomic mass is 9.96. The third-order valence-corrected chi connectivity index (χ3v) is 5.33. The summed E-state index contributed by atoms with van der Waals surface area (Å²) in [6.45, 7) is 5.00. The highest BCUT2D eigenvalue weighted by Crippen LogP contribution is 2.18. The van der Waals surface area contributed by atoms with Gasteiger partial charge in [0.2, 0.25) is 5.91 Å². The van der Waals surface area contributed by atoms with E-state index in [4.69, 9.17) is 5.73 Å². The van der Waals surface area contributed by atoms with Crippen LogP contribution in [0.25, 0.3) is 0 Å². The van der Waals surface area contributed by atoms with Gasteiger partial charge in [-0.25, -0.2) is 4.79 Å². The minimum absolute atomic E-state index is 0.0566. The van der Waals surface area contributed by atoms with Crippen molar-refractivity contribution >= 4 is 11.9 Å². The van der Waals surface area contributed by atoms with Gasteiger partial charge in [0.1, 0.15) is 0 Å². The lowest BCUT2D eigenvalue weighted by Crippen LogP contribution is -2.46. The third kappa shape index (κ3) is 4.72. The fraction of sp³-hybridized carbons (Fsp3) is 0.579. The van der Waals surface area contributed by atoms with E-state index in [1.165, 1.54) is 24.0 Å². The Balaban J connectivity index is 1.51. The Labute approximate surface area is 149 Å². The number of nitrogens with two attached hydrogens (primary N) is 1. The SMILES string of the molecule is NC(=O)C1CCN(C(=O)NCc2ccccc2CN2CCCC2)CC1. The van der Waals surface area contributed by atoms with Crippen molar-refractivity contribution in [1.29, 1.82) is 0 Å². The van der Waals surface area contributed by atoms with E-state index in [9.17, 15) is 9.59 Å². The molecule has 2 heterocycles. The minimum Gasteiger partial charge on any atom is -0.369 e. The molecule has 2 saturated heterocycles. The van der Waals surface area contributed by atoms with E-state index in [0.29, 0.717) is 32.5 Å². The molecule has 2 aliphatic heterocycles. The highest BCUT2D eigenvalue weighted by molar-refractivity contribution is 5.78. The Morgan fingerprint density at radius 3 is 2.32 bits per heavy atom. The van der Waals surface area contributed by atoms with Crippen LogP contribution in [0.3, 0.4) is 0 Å². The number of benzene rings is 1. The molecule has 3 N–H and O–H groups in total. The molecule has 6 heteroatoms. The number of primary amides is 1. The van der Waals surface area contributed by atoms with Gasteiger partial charge < -0.3 is 16.0 Å². The molecule has 25 heavy (non-hydrogen) atoms. The zero-order valence-corrected chi connectivity index (χ0v) is 14.7. The predicted molar refractivity (Wildman–Crippen MR) is 96.7 cm³/mol. The maximum atomic E-state index is 12.4. The maximum Gasteiger partial charge on any atom is 0.317 e. The smallest absolute Gasteiger partial charge is 0.317 e. The summed E-state index contributed by atoms with van der Waals surface area (Å²) in [5, 5.41) is 3.03. The fourth-order valence-corrected chi connectivity index (χ4v) is 3.72. The van der Waals surface area contributed by atoms with Crippen molar-refractivity contribution in [3.05, 3.63) is 35.4 Å². The number of rotatable bonds is 5. The van der Waals surface area contributed by atoms with Crippen molar-refractivity contribution in [3.8, 4) is 0 Å². The van der Waals surface area contributed by atoms with E-state index < -0.39 is 0 Å². The van der Waals surface area contributed by atoms with E-state index in [1.807, 2.05) is 6.07 Å². The summed E-state index contributed by atoms with van der Waals surface area (Å²) < 4.78 is 0. The molecule has 0 unspecified atom stereocenters. The van der Waals surface area contributed by atoms with Crippen molar-refractivity contribution < 1.29 is 9.59 Å². The second-order valence-electron chi connectivity index (χ2n) is 7.07. The van der Waals surface area contributed by atoms with Crippen LogP contribution in [0.2, 0.25) is 0 Å². The van der Waals surface area contributed by atoms with Gasteiger partial charge in [0.05, 0.1) is 0 Å². The molecular weight excluding hydrogens is 316 g/mol. The predicted octanol–water partition coefficient (Wildman–Crippen LogP) is 1.69. The van der Waals surface area contributed by atoms with Crippen molar-refractivity contribution in [2.45, 2.75) is 38.8 Å². The molecule has 0 aromatic heterocycles. The van der Waals surface area contributed by atoms with Gasteiger partial charge in [-0.2, -0.15) is 0 Å². The summed E-state index contributed by atoms with van der Waals surface area (Å²) in [5.74, 6) is -0.346. The van der Waals surface area contributed by atoms with E-state index in [2.05, 4.69) is 28.4 Å². The Hall–Kier alpha value is -2.08. The summed E-state index contributed by atoms with van der Waals surface area (Å²) in [6, 6.07) is 8.26. The molecule has 6 nitrogen and oxygen atoms in total. The highest BCUT2D eigenvalue weighted by atomic mass is 16.2. The Morgan fingerprint density at radius 1 is 1.04 bits per heavy atom. The summed E-state index contributed by atoms with van der Waals surface area (Å²) in [7, 11) is 0. The first-order valence-corrected chi connectivity index (χ1v) is 9.24. The molecule has 2 aliphatic rings. The van der Waals surface area contributed by atoms with Gasteiger partial charge in [0.15, 0.2) is 0 Å². The first-order chi connectivity index (χ1) is 12.1. The average molecular weight is 344 g/mol. The maximum absolute atomic E-state index is 12.4. The van der Waals surface area contributed by atoms with Gasteiger partial charge in [0, 0.05) is 32.1 Å². The van der Waals surface area contributed by atoms with Gasteiger partial charge in [-0.05, 0) is 49.9 Å². The quantitative estimate of drug-likeness (QED) is 0.853. The average Bonchev–Trinajstić information content (AvgIpc) is 3.14. The van der Waals surface area contributed by atoms with Crippen molar-refractivity contribution in [2.24, 2.45) is 11.7 Å². The van der Waals surface area contributed by atoms with Crippen LogP contribution in [-0.2, 0) is 17.9 Å². The summed E-state index contributed by atoms with van der Waals surface area (Å²) in [6.07, 6.45) is 3.88. The van der Waals surface area contributed by atoms with Crippen LogP contribution in [0.1, 0.15) is 36.8 Å². The molecule has 0 bridgehead atoms. The molecule has 0 atom stereocenters. The molecule has 0 saturated carbocycles. The number of nitrogens with zero attached hydrogens (tertiary/aromatic N) is 2. The minimum atomic E-state index is -0.254. The number of piperidine rings is 1. The second kappa shape index (κ2) is 8.34. The molecule has 136 valence electrons. The molecule has 1 aromatic rings. The number of urea groups is 1. The lowest BCUT2D eigenvalue weighted by Gasteiger charge is -2.30. The van der Waals surface area contributed by atoms with Crippen LogP contribution < -0.4 is 11.1 Å². The van der Waals surface area contributed by atoms with Crippen LogP contribution in [-0.4, -0.2) is 47.9 Å². The lowest BCUT2D eigenvalue weighted by molar-refractivity contribution is -0.123. The zero-order valence-electron chi connectivity index (χ0n) is 14.7. The summed E-state index contributed by atoms with van der Waals surface area (Å²) in [4.78, 5) is 27.9. The molecule has 0 spiro atoms. The number of likely N-dealkylation sites (tertiary alicyclic amines) is 2. The molecule has 2 fully saturated rings. The second-order valence-corrected chi connectivity index (χ2v) is 7.07. The normalized spacial score (nSPS) is 19.1. The fourth-order valence-electron chi connectivity index (χ4n) is 3.72. The van der Waals surface area contributed by atoms with Gasteiger partial charge in [-0.15, -0.1) is 0 Å². The van der Waals surface area contributed by atoms with E-state index >= 15 is 0 Å². The van der Waals surface area contributed by atoms with Crippen LogP contribution in [0.4, 0.5) is 4.79 Å². The third-order valence-electron chi connectivity index (χ3n) is 5.33. The van der Waals surface area contributed by atoms with Gasteiger partial charge >= 0.3 is 6.03 Å². The number of carbonyl (C=O) groups excluding carboxylic acids is 2. The van der Waals surface area contributed by atoms with E-state index in [0.717, 1.165) is 19.6 Å². The van der Waals surface area contributed by atoms with Gasteiger partial charge in [-0.1, -0.05) is 24.3 Å². The number of hydrogen-bond donors (Lipinski definition) is 2. The number of hydrogen-bond acceptors (Lipinski definition) is 3. The number of carbonyl (C=O) groups is 2. The molecule has 3 amide bonds. The summed E-state index contributed by atoms with van der Waals surface area (Å²) >= 11 is 0. The van der Waals surface area contributed by atoms with E-state index in [-0.39, 0.29) is 17.9 Å². The topological polar surface area (TPSA) is 78.7 Å². The van der Waals surface area contributed by atoms with Crippen molar-refractivity contribution in [2.75, 3.05) is 26.2 Å². The number of nitrogens with one attached hydrogen (secondary N) is 1. The van der Waals surface area contributed by atoms with Crippen molar-refractivity contribution in [3.63, 3.8) is 0 Å². The Morgan fingerprint density at radius 2 is 1.68 bits per heavy atom. The van der Waals surface area contributed by atoms with Crippen LogP contribution in [0.15, 0.2) is 24.3 Å². The van der Waals surface area contributed by atoms with E-state index in [1.54, 1.807) is 4.90 Å². The molecule has 0 aliphatic carbocycles. The summed E-state index contributed by atoms with van der Waals surface area (Å²) in [5.41, 5.74) is 7.81. The monoisotopic (exact) mass is 344 g/mol. The Kier molecular flexibility index (Phi) is 5.91. The van der Waals surface area contributed by atoms with Crippen LogP contribution in [0.5, 0.6) is 0 Å². The Bertz CT molecular complexity index is 605. The molecule has 3 rings (SSSR count). The first kappa shape index (κ1) is 17.7. The van der Waals surface area contributed by atoms with Crippen molar-refractivity contribution in [1.82, 2.24) is 15.1 Å². The molecule has 0 radical (unpaired) electrons. The standard InChI is InChI=1S/C19H28N4O2/c20-18(24)15-7-11-23(12-8-15)19(25)21-13-16-5-1-2-6-17(16)14-22-9-3-4-10-22/h1-2,5-6,15H,3-4,7-14H2,(H2,20,24)(H,21,25). The number of amides is 3. The van der Waals surface area contributed by atoms with Gasteiger partial charge in [-0.3, -0.25) is 9.69 Å². The highest BCUT2D eigenvalue weighted by Gasteiger charge is 2.25. The zero-order chi connectivity index (χ0) is 17.6. The van der Waals surface area contributed by atoms with Crippen LogP contribution in [0, 0.1) is 5.92 Å².